The fourth-order valence-corrected chi connectivity index (χ4v) is 2.67. The molecule has 0 saturated heterocycles. The van der Waals surface area contributed by atoms with E-state index in [0.29, 0.717) is 6.61 Å². The van der Waals surface area contributed by atoms with E-state index in [0.717, 1.165) is 16.7 Å². The van der Waals surface area contributed by atoms with Crippen LogP contribution in [0.15, 0.2) is 30.3 Å². The molecule has 0 saturated carbocycles. The Morgan fingerprint density at radius 3 is 2.38 bits per heavy atom. The monoisotopic (exact) mass is 304 g/mol. The molecule has 0 radical (unpaired) electrons. The lowest BCUT2D eigenvalue weighted by Gasteiger charge is -2.14. The summed E-state index contributed by atoms with van der Waals surface area (Å²) in [6, 6.07) is 9.01. The number of carbonyl (C=O) groups is 1. The zero-order valence-corrected chi connectivity index (χ0v) is 13.0. The SMILES string of the molecule is Cc1cc(C)c(COc2cccc(Cl)c2C(=O)O)c(C)c1. The van der Waals surface area contributed by atoms with Crippen LogP contribution in [0.5, 0.6) is 5.75 Å². The molecule has 0 atom stereocenters. The van der Waals surface area contributed by atoms with Gasteiger partial charge in [-0.15, -0.1) is 0 Å². The standard InChI is InChI=1S/C17H17ClO3/c1-10-7-11(2)13(12(3)8-10)9-21-15-6-4-5-14(18)16(15)17(19)20/h4-8H,9H2,1-3H3,(H,19,20). The van der Waals surface area contributed by atoms with Crippen molar-refractivity contribution in [3.05, 3.63) is 63.2 Å². The van der Waals surface area contributed by atoms with E-state index in [1.807, 2.05) is 20.8 Å². The molecule has 4 heteroatoms. The van der Waals surface area contributed by atoms with E-state index in [1.165, 1.54) is 5.56 Å². The molecule has 0 unspecified atom stereocenters. The van der Waals surface area contributed by atoms with Gasteiger partial charge in [0.1, 0.15) is 17.9 Å². The van der Waals surface area contributed by atoms with Gasteiger partial charge in [0.2, 0.25) is 0 Å². The van der Waals surface area contributed by atoms with Crippen LogP contribution in [0, 0.1) is 20.8 Å². The van der Waals surface area contributed by atoms with Gasteiger partial charge in [0.05, 0.1) is 5.02 Å². The van der Waals surface area contributed by atoms with E-state index in [4.69, 9.17) is 16.3 Å². The Bertz CT molecular complexity index is 669. The fourth-order valence-electron chi connectivity index (χ4n) is 2.42. The van der Waals surface area contributed by atoms with Gasteiger partial charge in [-0.3, -0.25) is 0 Å². The first-order valence-corrected chi connectivity index (χ1v) is 6.99. The Hall–Kier alpha value is -2.00. The van der Waals surface area contributed by atoms with E-state index in [-0.39, 0.29) is 16.3 Å². The van der Waals surface area contributed by atoms with E-state index in [2.05, 4.69) is 12.1 Å². The van der Waals surface area contributed by atoms with Gasteiger partial charge < -0.3 is 9.84 Å². The van der Waals surface area contributed by atoms with Crippen LogP contribution in [0.3, 0.4) is 0 Å². The van der Waals surface area contributed by atoms with Crippen molar-refractivity contribution in [3.8, 4) is 5.75 Å². The molecule has 21 heavy (non-hydrogen) atoms. The Balaban J connectivity index is 2.29. The van der Waals surface area contributed by atoms with Crippen molar-refractivity contribution in [3.63, 3.8) is 0 Å². The van der Waals surface area contributed by atoms with Crippen LogP contribution >= 0.6 is 11.6 Å². The van der Waals surface area contributed by atoms with E-state index < -0.39 is 5.97 Å². The molecule has 2 aromatic rings. The summed E-state index contributed by atoms with van der Waals surface area (Å²) in [6.45, 7) is 6.41. The third-order valence-corrected chi connectivity index (χ3v) is 3.72. The molecular weight excluding hydrogens is 288 g/mol. The largest absolute Gasteiger partial charge is 0.488 e. The number of rotatable bonds is 4. The molecule has 0 aliphatic heterocycles. The number of carboxylic acids is 1. The Morgan fingerprint density at radius 2 is 1.81 bits per heavy atom. The Kier molecular flexibility index (Phi) is 4.53. The van der Waals surface area contributed by atoms with Crippen LogP contribution < -0.4 is 4.74 Å². The van der Waals surface area contributed by atoms with Crippen LogP contribution in [0.1, 0.15) is 32.6 Å². The Morgan fingerprint density at radius 1 is 1.19 bits per heavy atom. The van der Waals surface area contributed by atoms with Gasteiger partial charge in [-0.1, -0.05) is 35.4 Å². The minimum atomic E-state index is -1.09. The van der Waals surface area contributed by atoms with Crippen LogP contribution in [0.4, 0.5) is 0 Å². The average Bonchev–Trinajstić information content (AvgIpc) is 2.36. The van der Waals surface area contributed by atoms with Gasteiger partial charge in [-0.25, -0.2) is 4.79 Å². The summed E-state index contributed by atoms with van der Waals surface area (Å²) in [6.07, 6.45) is 0. The highest BCUT2D eigenvalue weighted by molar-refractivity contribution is 6.33. The lowest BCUT2D eigenvalue weighted by Crippen LogP contribution is -2.06. The highest BCUT2D eigenvalue weighted by Gasteiger charge is 2.16. The zero-order chi connectivity index (χ0) is 15.6. The smallest absolute Gasteiger partial charge is 0.341 e. The van der Waals surface area contributed by atoms with Crippen molar-refractivity contribution >= 4 is 17.6 Å². The molecule has 3 nitrogen and oxygen atoms in total. The second-order valence-corrected chi connectivity index (χ2v) is 5.49. The third kappa shape index (κ3) is 3.37. The fraction of sp³-hybridized carbons (Fsp3) is 0.235. The van der Waals surface area contributed by atoms with Gasteiger partial charge in [0.25, 0.3) is 0 Å². The van der Waals surface area contributed by atoms with Gasteiger partial charge in [0, 0.05) is 0 Å². The highest BCUT2D eigenvalue weighted by atomic mass is 35.5. The van der Waals surface area contributed by atoms with Crippen molar-refractivity contribution in [2.75, 3.05) is 0 Å². The molecule has 2 rings (SSSR count). The number of hydrogen-bond acceptors (Lipinski definition) is 2. The number of halogens is 1. The summed E-state index contributed by atoms with van der Waals surface area (Å²) in [5, 5.41) is 9.40. The molecule has 0 aliphatic carbocycles. The molecule has 2 aromatic carbocycles. The zero-order valence-electron chi connectivity index (χ0n) is 12.2. The lowest BCUT2D eigenvalue weighted by atomic mass is 10.0. The number of hydrogen-bond donors (Lipinski definition) is 1. The van der Waals surface area contributed by atoms with Crippen LogP contribution in [0.25, 0.3) is 0 Å². The molecule has 0 bridgehead atoms. The number of carboxylic acid groups (broad SMARTS) is 1. The number of benzene rings is 2. The van der Waals surface area contributed by atoms with Gasteiger partial charge in [-0.05, 0) is 49.6 Å². The minimum absolute atomic E-state index is 0.00147. The van der Waals surface area contributed by atoms with Crippen LogP contribution in [-0.2, 0) is 6.61 Å². The molecule has 0 heterocycles. The van der Waals surface area contributed by atoms with Crippen molar-refractivity contribution < 1.29 is 14.6 Å². The van der Waals surface area contributed by atoms with Crippen molar-refractivity contribution in [1.82, 2.24) is 0 Å². The number of aryl methyl sites for hydroxylation is 3. The molecule has 0 aromatic heterocycles. The summed E-state index contributed by atoms with van der Waals surface area (Å²) >= 11 is 5.93. The maximum Gasteiger partial charge on any atom is 0.341 e. The normalized spacial score (nSPS) is 10.5. The molecular formula is C17H17ClO3. The predicted molar refractivity (Wildman–Crippen MR) is 83.4 cm³/mol. The second kappa shape index (κ2) is 6.19. The first kappa shape index (κ1) is 15.4. The molecule has 0 spiro atoms. The molecule has 110 valence electrons. The van der Waals surface area contributed by atoms with Crippen LogP contribution in [-0.4, -0.2) is 11.1 Å². The minimum Gasteiger partial charge on any atom is -0.488 e. The summed E-state index contributed by atoms with van der Waals surface area (Å²) in [5.41, 5.74) is 4.53. The van der Waals surface area contributed by atoms with E-state index >= 15 is 0 Å². The van der Waals surface area contributed by atoms with E-state index in [9.17, 15) is 9.90 Å². The maximum absolute atomic E-state index is 11.3. The average molecular weight is 305 g/mol. The van der Waals surface area contributed by atoms with Crippen molar-refractivity contribution in [2.24, 2.45) is 0 Å². The predicted octanol–water partition coefficient (Wildman–Crippen LogP) is 4.54. The maximum atomic E-state index is 11.3. The number of aromatic carboxylic acids is 1. The molecule has 0 fully saturated rings. The Labute approximate surface area is 129 Å². The van der Waals surface area contributed by atoms with Crippen molar-refractivity contribution in [2.45, 2.75) is 27.4 Å². The quantitative estimate of drug-likeness (QED) is 0.902. The van der Waals surface area contributed by atoms with Gasteiger partial charge in [0.15, 0.2) is 0 Å². The summed E-state index contributed by atoms with van der Waals surface area (Å²) < 4.78 is 5.70. The number of ether oxygens (including phenoxy) is 1. The second-order valence-electron chi connectivity index (χ2n) is 5.08. The summed E-state index contributed by atoms with van der Waals surface area (Å²) in [5.74, 6) is -0.803. The third-order valence-electron chi connectivity index (χ3n) is 3.40. The lowest BCUT2D eigenvalue weighted by molar-refractivity contribution is 0.0692. The topological polar surface area (TPSA) is 46.5 Å². The molecule has 0 aliphatic rings. The van der Waals surface area contributed by atoms with Gasteiger partial charge >= 0.3 is 5.97 Å². The summed E-state index contributed by atoms with van der Waals surface area (Å²) in [7, 11) is 0. The van der Waals surface area contributed by atoms with Gasteiger partial charge in [-0.2, -0.15) is 0 Å². The van der Waals surface area contributed by atoms with E-state index in [1.54, 1.807) is 18.2 Å². The van der Waals surface area contributed by atoms with Crippen LogP contribution in [0.2, 0.25) is 5.02 Å². The van der Waals surface area contributed by atoms with Crippen molar-refractivity contribution in [1.29, 1.82) is 0 Å². The first-order chi connectivity index (χ1) is 9.90. The molecule has 1 N–H and O–H groups in total. The highest BCUT2D eigenvalue weighted by Crippen LogP contribution is 2.28. The summed E-state index contributed by atoms with van der Waals surface area (Å²) in [4.78, 5) is 11.3. The molecule has 0 amide bonds. The first-order valence-electron chi connectivity index (χ1n) is 6.61.